The number of nitrogens with zero attached hydrogens (tertiary/aromatic N) is 1. The van der Waals surface area contributed by atoms with Crippen LogP contribution >= 0.6 is 0 Å². The first-order valence-corrected chi connectivity index (χ1v) is 23.3. The first-order valence-electron chi connectivity index (χ1n) is 23.3. The Kier molecular flexibility index (Phi) is 10.6. The van der Waals surface area contributed by atoms with Gasteiger partial charge in [-0.15, -0.1) is 0 Å². The molecule has 0 bridgehead atoms. The summed E-state index contributed by atoms with van der Waals surface area (Å²) in [5.74, 6) is 0. The minimum atomic E-state index is 0.940. The van der Waals surface area contributed by atoms with Crippen LogP contribution in [-0.2, 0) is 0 Å². The average molecular weight is 864 g/mol. The molecule has 0 spiro atoms. The fourth-order valence-electron chi connectivity index (χ4n) is 9.92. The lowest BCUT2D eigenvalue weighted by Gasteiger charge is -2.21. The summed E-state index contributed by atoms with van der Waals surface area (Å²) in [6.07, 6.45) is 0. The van der Waals surface area contributed by atoms with Crippen molar-refractivity contribution in [3.63, 3.8) is 0 Å². The Labute approximate surface area is 398 Å². The fraction of sp³-hybridized carbons (Fsp3) is 0. The van der Waals surface area contributed by atoms with E-state index in [9.17, 15) is 0 Å². The van der Waals surface area contributed by atoms with E-state index in [2.05, 4.69) is 273 Å². The largest absolute Gasteiger partial charge is 0.248 e. The van der Waals surface area contributed by atoms with Gasteiger partial charge in [-0.05, 0) is 154 Å². The summed E-state index contributed by atoms with van der Waals surface area (Å²) in [6.45, 7) is 0. The minimum Gasteiger partial charge on any atom is -0.248 e. The van der Waals surface area contributed by atoms with Gasteiger partial charge in [0, 0.05) is 11.1 Å². The number of aromatic nitrogens is 1. The van der Waals surface area contributed by atoms with Crippen molar-refractivity contribution in [2.45, 2.75) is 0 Å². The molecule has 1 aromatic heterocycles. The van der Waals surface area contributed by atoms with Crippen molar-refractivity contribution in [3.8, 4) is 100 Å². The maximum atomic E-state index is 5.26. The number of hydrogen-bond donors (Lipinski definition) is 0. The molecular formula is C67H45N. The maximum Gasteiger partial charge on any atom is 0.0715 e. The molecule has 0 unspecified atom stereocenters. The Morgan fingerprint density at radius 2 is 0.441 bits per heavy atom. The van der Waals surface area contributed by atoms with Crippen molar-refractivity contribution < 1.29 is 0 Å². The Morgan fingerprint density at radius 3 is 0.809 bits per heavy atom. The van der Waals surface area contributed by atoms with E-state index in [1.54, 1.807) is 0 Å². The Hall–Kier alpha value is -8.91. The van der Waals surface area contributed by atoms with Crippen LogP contribution in [0.15, 0.2) is 273 Å². The normalized spacial score (nSPS) is 11.2. The summed E-state index contributed by atoms with van der Waals surface area (Å²) < 4.78 is 0. The van der Waals surface area contributed by atoms with Crippen LogP contribution in [0.4, 0.5) is 0 Å². The van der Waals surface area contributed by atoms with Crippen molar-refractivity contribution in [1.82, 2.24) is 4.98 Å². The Bertz CT molecular complexity index is 3560. The van der Waals surface area contributed by atoms with Crippen molar-refractivity contribution in [1.29, 1.82) is 0 Å². The van der Waals surface area contributed by atoms with Crippen LogP contribution in [0.1, 0.15) is 0 Å². The van der Waals surface area contributed by atoms with Gasteiger partial charge in [-0.3, -0.25) is 0 Å². The average Bonchev–Trinajstić information content (AvgIpc) is 3.43. The molecule has 0 fully saturated rings. The van der Waals surface area contributed by atoms with Crippen LogP contribution in [0.2, 0.25) is 0 Å². The molecule has 0 amide bonds. The van der Waals surface area contributed by atoms with E-state index >= 15 is 0 Å². The molecule has 0 atom stereocenters. The van der Waals surface area contributed by atoms with Crippen molar-refractivity contribution in [3.05, 3.63) is 273 Å². The second-order valence-electron chi connectivity index (χ2n) is 17.5. The minimum absolute atomic E-state index is 0.940. The molecule has 11 aromatic carbocycles. The van der Waals surface area contributed by atoms with Gasteiger partial charge in [0.25, 0.3) is 0 Å². The molecule has 318 valence electrons. The number of hydrogen-bond acceptors (Lipinski definition) is 1. The summed E-state index contributed by atoms with van der Waals surface area (Å²) in [6, 6.07) is 99.1. The van der Waals surface area contributed by atoms with Gasteiger partial charge in [-0.1, -0.05) is 218 Å². The highest BCUT2D eigenvalue weighted by Crippen LogP contribution is 2.48. The van der Waals surface area contributed by atoms with Gasteiger partial charge in [-0.25, -0.2) is 4.98 Å². The summed E-state index contributed by atoms with van der Waals surface area (Å²) in [4.78, 5) is 5.26. The van der Waals surface area contributed by atoms with E-state index in [0.29, 0.717) is 0 Å². The molecule has 68 heavy (non-hydrogen) atoms. The zero-order chi connectivity index (χ0) is 45.2. The maximum absolute atomic E-state index is 5.26. The quantitative estimate of drug-likeness (QED) is 0.132. The lowest BCUT2D eigenvalue weighted by atomic mass is 9.82. The van der Waals surface area contributed by atoms with Gasteiger partial charge < -0.3 is 0 Å². The molecule has 0 radical (unpaired) electrons. The first kappa shape index (κ1) is 40.6. The summed E-state index contributed by atoms with van der Waals surface area (Å²) in [5, 5.41) is 4.79. The molecule has 0 saturated carbocycles. The molecule has 0 aliphatic heterocycles. The van der Waals surface area contributed by atoms with Crippen LogP contribution in [0, 0.1) is 0 Å². The van der Waals surface area contributed by atoms with Crippen LogP contribution < -0.4 is 0 Å². The monoisotopic (exact) mass is 863 g/mol. The van der Waals surface area contributed by atoms with Crippen LogP contribution in [0.3, 0.4) is 0 Å². The first-order chi connectivity index (χ1) is 33.7. The Morgan fingerprint density at radius 1 is 0.162 bits per heavy atom. The van der Waals surface area contributed by atoms with Crippen molar-refractivity contribution >= 4 is 21.5 Å². The van der Waals surface area contributed by atoms with E-state index in [4.69, 9.17) is 4.98 Å². The van der Waals surface area contributed by atoms with Crippen LogP contribution in [0.25, 0.3) is 122 Å². The van der Waals surface area contributed by atoms with E-state index in [1.165, 1.54) is 88.3 Å². The second-order valence-corrected chi connectivity index (χ2v) is 17.5. The zero-order valence-corrected chi connectivity index (χ0v) is 37.4. The van der Waals surface area contributed by atoms with Gasteiger partial charge in [0.15, 0.2) is 0 Å². The molecule has 0 N–H and O–H groups in total. The van der Waals surface area contributed by atoms with Gasteiger partial charge in [-0.2, -0.15) is 0 Å². The third-order valence-corrected chi connectivity index (χ3v) is 13.2. The molecule has 1 heteroatoms. The van der Waals surface area contributed by atoms with Crippen LogP contribution in [0.5, 0.6) is 0 Å². The molecular weight excluding hydrogens is 819 g/mol. The van der Waals surface area contributed by atoms with Gasteiger partial charge in [0.05, 0.1) is 11.4 Å². The molecule has 1 nitrogen and oxygen atoms in total. The third kappa shape index (κ3) is 7.87. The highest BCUT2D eigenvalue weighted by Gasteiger charge is 2.21. The predicted octanol–water partition coefficient (Wildman–Crippen LogP) is 18.4. The molecule has 1 heterocycles. The number of rotatable bonds is 9. The van der Waals surface area contributed by atoms with E-state index in [0.717, 1.165) is 33.6 Å². The molecule has 12 aromatic rings. The standard InChI is InChI=1S/C67H45N/c1-7-21-46(22-8-1)53-37-54(47-23-9-2-10-24-47)40-58(39-53)66-60-33-19-20-34-61(60)67(59-41-55(48-25-11-3-12-26-48)38-56(42-59)49-27-13-4-14-28-49)63-43-52(35-36-62(63)66)57-44-64(50-29-15-5-16-30-50)68-65(45-57)51-31-17-6-18-32-51/h1-45H. The van der Waals surface area contributed by atoms with Gasteiger partial charge in [0.1, 0.15) is 0 Å². The highest BCUT2D eigenvalue weighted by atomic mass is 14.7. The highest BCUT2D eigenvalue weighted by molar-refractivity contribution is 6.22. The zero-order valence-electron chi connectivity index (χ0n) is 37.4. The Balaban J connectivity index is 1.19. The molecule has 0 aliphatic rings. The van der Waals surface area contributed by atoms with E-state index in [1.807, 2.05) is 0 Å². The predicted molar refractivity (Wildman–Crippen MR) is 288 cm³/mol. The van der Waals surface area contributed by atoms with E-state index < -0.39 is 0 Å². The number of fused-ring (bicyclic) bond motifs is 2. The van der Waals surface area contributed by atoms with Crippen molar-refractivity contribution in [2.24, 2.45) is 0 Å². The summed E-state index contributed by atoms with van der Waals surface area (Å²) in [5.41, 5.74) is 20.5. The fourth-order valence-corrected chi connectivity index (χ4v) is 9.92. The van der Waals surface area contributed by atoms with E-state index in [-0.39, 0.29) is 0 Å². The smallest absolute Gasteiger partial charge is 0.0715 e. The molecule has 0 saturated heterocycles. The van der Waals surface area contributed by atoms with Crippen LogP contribution in [-0.4, -0.2) is 4.98 Å². The molecule has 0 aliphatic carbocycles. The topological polar surface area (TPSA) is 12.9 Å². The molecule has 12 rings (SSSR count). The lowest BCUT2D eigenvalue weighted by Crippen LogP contribution is -1.95. The number of benzene rings is 11. The summed E-state index contributed by atoms with van der Waals surface area (Å²) >= 11 is 0. The third-order valence-electron chi connectivity index (χ3n) is 13.2. The second kappa shape index (κ2) is 17.8. The summed E-state index contributed by atoms with van der Waals surface area (Å²) in [7, 11) is 0. The SMILES string of the molecule is c1ccc(-c2cc(-c3ccccc3)cc(-c3c4ccccc4c(-c4cc(-c5ccccc5)cc(-c5ccccc5)c4)c4cc(-c5cc(-c6ccccc6)nc(-c6ccccc6)c5)ccc34)c2)cc1. The number of pyridine rings is 1. The van der Waals surface area contributed by atoms with Crippen molar-refractivity contribution in [2.75, 3.05) is 0 Å². The van der Waals surface area contributed by atoms with Gasteiger partial charge >= 0.3 is 0 Å². The lowest BCUT2D eigenvalue weighted by molar-refractivity contribution is 1.32. The van der Waals surface area contributed by atoms with Gasteiger partial charge in [0.2, 0.25) is 0 Å².